The highest BCUT2D eigenvalue weighted by molar-refractivity contribution is 7.89. The predicted molar refractivity (Wildman–Crippen MR) is 127 cm³/mol. The first-order valence-electron chi connectivity index (χ1n) is 11.0. The van der Waals surface area contributed by atoms with Crippen LogP contribution in [0, 0.1) is 0 Å². The van der Waals surface area contributed by atoms with E-state index in [0.29, 0.717) is 18.8 Å². The largest absolute Gasteiger partial charge is 0.328 e. The molecule has 2 heterocycles. The molecule has 2 aromatic carbocycles. The van der Waals surface area contributed by atoms with Crippen LogP contribution in [0.1, 0.15) is 49.3 Å². The molecule has 0 fully saturated rings. The van der Waals surface area contributed by atoms with Crippen molar-refractivity contribution in [2.24, 2.45) is 0 Å². The monoisotopic (exact) mass is 474 g/mol. The number of aromatic nitrogens is 2. The van der Waals surface area contributed by atoms with Gasteiger partial charge in [-0.15, -0.1) is 0 Å². The molecule has 0 unspecified atom stereocenters. The summed E-state index contributed by atoms with van der Waals surface area (Å²) >= 11 is 6.25. The van der Waals surface area contributed by atoms with Crippen molar-refractivity contribution in [2.45, 2.75) is 51.0 Å². The van der Waals surface area contributed by atoms with Crippen LogP contribution in [0.5, 0.6) is 0 Å². The van der Waals surface area contributed by atoms with Crippen molar-refractivity contribution in [2.75, 3.05) is 18.4 Å². The fraction of sp³-hybridized carbons (Fsp3) is 0.391. The van der Waals surface area contributed by atoms with Gasteiger partial charge in [-0.2, -0.15) is 4.31 Å². The van der Waals surface area contributed by atoms with E-state index in [2.05, 4.69) is 9.88 Å². The lowest BCUT2D eigenvalue weighted by molar-refractivity contribution is 0.102. The highest BCUT2D eigenvalue weighted by atomic mass is 35.5. The van der Waals surface area contributed by atoms with Crippen molar-refractivity contribution in [3.8, 4) is 0 Å². The van der Waals surface area contributed by atoms with Crippen molar-refractivity contribution in [1.29, 1.82) is 0 Å². The van der Waals surface area contributed by atoms with Gasteiger partial charge in [0, 0.05) is 31.7 Å². The molecule has 0 atom stereocenters. The van der Waals surface area contributed by atoms with Crippen molar-refractivity contribution >= 4 is 44.3 Å². The Morgan fingerprint density at radius 1 is 1.12 bits per heavy atom. The Morgan fingerprint density at radius 2 is 1.91 bits per heavy atom. The summed E-state index contributed by atoms with van der Waals surface area (Å²) in [5.41, 5.74) is 2.60. The van der Waals surface area contributed by atoms with Crippen LogP contribution in [0.2, 0.25) is 5.02 Å². The van der Waals surface area contributed by atoms with Gasteiger partial charge in [0.15, 0.2) is 0 Å². The highest BCUT2D eigenvalue weighted by Gasteiger charge is 2.24. The molecule has 0 saturated heterocycles. The molecule has 0 spiro atoms. The van der Waals surface area contributed by atoms with Gasteiger partial charge in [-0.25, -0.2) is 13.4 Å². The molecular weight excluding hydrogens is 448 g/mol. The Labute approximate surface area is 193 Å². The fourth-order valence-corrected chi connectivity index (χ4v) is 5.87. The molecule has 1 N–H and O–H groups in total. The number of benzene rings is 2. The number of carbonyl (C=O) groups excluding carboxylic acids is 1. The smallest absolute Gasteiger partial charge is 0.257 e. The van der Waals surface area contributed by atoms with E-state index in [1.165, 1.54) is 28.9 Å². The zero-order chi connectivity index (χ0) is 22.9. The molecule has 1 aliphatic heterocycles. The van der Waals surface area contributed by atoms with E-state index in [9.17, 15) is 13.2 Å². The molecule has 3 aromatic rings. The summed E-state index contributed by atoms with van der Waals surface area (Å²) in [5.74, 6) is 0.616. The number of aryl methyl sites for hydroxylation is 2. The van der Waals surface area contributed by atoms with Crippen LogP contribution < -0.4 is 5.32 Å². The summed E-state index contributed by atoms with van der Waals surface area (Å²) in [6.45, 7) is 5.20. The normalized spacial score (nSPS) is 14.4. The van der Waals surface area contributed by atoms with E-state index in [1.807, 2.05) is 18.2 Å². The van der Waals surface area contributed by atoms with E-state index in [0.717, 1.165) is 42.7 Å². The number of nitrogens with zero attached hydrogens (tertiary/aromatic N) is 3. The third-order valence-corrected chi connectivity index (χ3v) is 8.27. The van der Waals surface area contributed by atoms with Crippen LogP contribution in [0.15, 0.2) is 41.3 Å². The Kier molecular flexibility index (Phi) is 6.55. The Morgan fingerprint density at radius 3 is 2.66 bits per heavy atom. The lowest BCUT2D eigenvalue weighted by Gasteiger charge is -2.19. The molecule has 32 heavy (non-hydrogen) atoms. The lowest BCUT2D eigenvalue weighted by atomic mass is 10.2. The minimum Gasteiger partial charge on any atom is -0.328 e. The summed E-state index contributed by atoms with van der Waals surface area (Å²) in [6, 6.07) is 9.86. The van der Waals surface area contributed by atoms with Crippen molar-refractivity contribution in [3.05, 3.63) is 52.8 Å². The molecule has 9 heteroatoms. The second-order valence-corrected chi connectivity index (χ2v) is 10.2. The number of imidazole rings is 1. The number of amides is 1. The first-order valence-corrected chi connectivity index (χ1v) is 12.8. The Bertz CT molecular complexity index is 1270. The molecule has 4 rings (SSSR count). The number of nitrogens with one attached hydrogen (secondary N) is 1. The summed E-state index contributed by atoms with van der Waals surface area (Å²) in [4.78, 5) is 17.8. The lowest BCUT2D eigenvalue weighted by Crippen LogP contribution is -2.30. The van der Waals surface area contributed by atoms with Gasteiger partial charge in [-0.1, -0.05) is 31.9 Å². The number of carbonyl (C=O) groups is 1. The second-order valence-electron chi connectivity index (χ2n) is 7.88. The van der Waals surface area contributed by atoms with Crippen molar-refractivity contribution in [1.82, 2.24) is 13.9 Å². The first-order chi connectivity index (χ1) is 15.3. The second kappa shape index (κ2) is 9.21. The summed E-state index contributed by atoms with van der Waals surface area (Å²) in [5, 5.41) is 3.03. The van der Waals surface area contributed by atoms with E-state index < -0.39 is 15.9 Å². The maximum Gasteiger partial charge on any atom is 0.257 e. The number of rotatable bonds is 6. The number of halogens is 1. The summed E-state index contributed by atoms with van der Waals surface area (Å²) in [7, 11) is -3.70. The van der Waals surface area contributed by atoms with Gasteiger partial charge in [-0.05, 0) is 49.2 Å². The van der Waals surface area contributed by atoms with Crippen molar-refractivity contribution in [3.63, 3.8) is 0 Å². The third-order valence-electron chi connectivity index (χ3n) is 5.89. The zero-order valence-corrected chi connectivity index (χ0v) is 19.8. The van der Waals surface area contributed by atoms with Gasteiger partial charge < -0.3 is 9.88 Å². The molecule has 0 aliphatic carbocycles. The first kappa shape index (κ1) is 22.8. The number of fused-ring (bicyclic) bond motifs is 3. The minimum absolute atomic E-state index is 0.0454. The number of hydrogen-bond acceptors (Lipinski definition) is 4. The van der Waals surface area contributed by atoms with Crippen LogP contribution in [-0.4, -0.2) is 41.3 Å². The van der Waals surface area contributed by atoms with Crippen LogP contribution in [0.3, 0.4) is 0 Å². The van der Waals surface area contributed by atoms with E-state index in [1.54, 1.807) is 13.8 Å². The van der Waals surface area contributed by atoms with E-state index in [-0.39, 0.29) is 15.5 Å². The topological polar surface area (TPSA) is 84.3 Å². The number of hydrogen-bond donors (Lipinski definition) is 1. The fourth-order valence-electron chi connectivity index (χ4n) is 4.18. The maximum atomic E-state index is 13.0. The van der Waals surface area contributed by atoms with Gasteiger partial charge in [0.1, 0.15) is 5.82 Å². The molecule has 0 bridgehead atoms. The molecule has 1 aromatic heterocycles. The van der Waals surface area contributed by atoms with Gasteiger partial charge in [-0.3, -0.25) is 4.79 Å². The van der Waals surface area contributed by atoms with Gasteiger partial charge in [0.25, 0.3) is 5.91 Å². The number of sulfonamides is 1. The predicted octanol–water partition coefficient (Wildman–Crippen LogP) is 4.70. The molecule has 1 amide bonds. The van der Waals surface area contributed by atoms with Gasteiger partial charge >= 0.3 is 0 Å². The quantitative estimate of drug-likeness (QED) is 0.561. The zero-order valence-electron chi connectivity index (χ0n) is 18.3. The molecule has 7 nitrogen and oxygen atoms in total. The Hall–Kier alpha value is -2.42. The van der Waals surface area contributed by atoms with Crippen LogP contribution in [-0.2, 0) is 23.0 Å². The standard InChI is InChI=1S/C23H27ClN4O3S/c1-3-27(4-2)32(30,31)17-10-11-19(24)18(15-17)23(29)25-16-9-12-21-20(14-16)26-22-8-6-5-7-13-28(21)22/h9-12,14-15H,3-8,13H2,1-2H3,(H,25,29). The van der Waals surface area contributed by atoms with Crippen LogP contribution in [0.25, 0.3) is 11.0 Å². The molecule has 1 aliphatic rings. The summed E-state index contributed by atoms with van der Waals surface area (Å²) in [6.07, 6.45) is 4.45. The third kappa shape index (κ3) is 4.27. The van der Waals surface area contributed by atoms with Crippen molar-refractivity contribution < 1.29 is 13.2 Å². The average Bonchev–Trinajstić information content (AvgIpc) is 2.94. The summed E-state index contributed by atoms with van der Waals surface area (Å²) < 4.78 is 29.3. The SMILES string of the molecule is CCN(CC)S(=O)(=O)c1ccc(Cl)c(C(=O)Nc2ccc3c(c2)nc2n3CCCCC2)c1. The average molecular weight is 475 g/mol. The highest BCUT2D eigenvalue weighted by Crippen LogP contribution is 2.27. The van der Waals surface area contributed by atoms with Gasteiger partial charge in [0.2, 0.25) is 10.0 Å². The Balaban J connectivity index is 1.62. The van der Waals surface area contributed by atoms with E-state index in [4.69, 9.17) is 16.6 Å². The molecule has 0 radical (unpaired) electrons. The van der Waals surface area contributed by atoms with Crippen LogP contribution in [0.4, 0.5) is 5.69 Å². The molecular formula is C23H27ClN4O3S. The number of anilines is 1. The minimum atomic E-state index is -3.70. The van der Waals surface area contributed by atoms with E-state index >= 15 is 0 Å². The van der Waals surface area contributed by atoms with Crippen LogP contribution >= 0.6 is 11.6 Å². The van der Waals surface area contributed by atoms with Gasteiger partial charge in [0.05, 0.1) is 26.5 Å². The molecule has 0 saturated carbocycles. The molecule has 170 valence electrons. The maximum absolute atomic E-state index is 13.0.